The molecule has 1 aromatic heterocycles. The Labute approximate surface area is 343 Å². The lowest BCUT2D eigenvalue weighted by molar-refractivity contribution is 0.291. The van der Waals surface area contributed by atoms with Gasteiger partial charge in [0, 0.05) is 45.8 Å². The third-order valence-corrected chi connectivity index (χ3v) is 12.6. The van der Waals surface area contributed by atoms with Crippen molar-refractivity contribution >= 4 is 38.9 Å². The van der Waals surface area contributed by atoms with Crippen LogP contribution in [0.3, 0.4) is 0 Å². The Morgan fingerprint density at radius 3 is 2.08 bits per heavy atom. The quantitative estimate of drug-likeness (QED) is 0.169. The molecule has 0 fully saturated rings. The van der Waals surface area contributed by atoms with Gasteiger partial charge in [-0.1, -0.05) is 140 Å². The number of anilines is 2. The fraction of sp³-hybridized carbons (Fsp3) is 0.0909. The minimum atomic E-state index is -0.439. The summed E-state index contributed by atoms with van der Waals surface area (Å²) in [4.78, 5) is 2.39. The summed E-state index contributed by atoms with van der Waals surface area (Å²) in [6.45, 7) is 0. The van der Waals surface area contributed by atoms with Crippen LogP contribution in [0, 0.1) is 0 Å². The van der Waals surface area contributed by atoms with E-state index < -0.39 is 5.41 Å². The van der Waals surface area contributed by atoms with Gasteiger partial charge in [-0.25, -0.2) is 0 Å². The first-order chi connectivity index (χ1) is 29.3. The molecule has 0 unspecified atom stereocenters. The minimum Gasteiger partial charge on any atom is -0.456 e. The van der Waals surface area contributed by atoms with Crippen LogP contribution in [-0.4, -0.2) is 0 Å². The van der Waals surface area contributed by atoms with Crippen molar-refractivity contribution in [3.63, 3.8) is 0 Å². The molecule has 4 nitrogen and oxygen atoms in total. The van der Waals surface area contributed by atoms with Gasteiger partial charge in [0.1, 0.15) is 16.9 Å². The molecule has 2 heterocycles. The van der Waals surface area contributed by atoms with Crippen LogP contribution in [0.25, 0.3) is 38.6 Å². The van der Waals surface area contributed by atoms with Gasteiger partial charge < -0.3 is 18.8 Å². The first-order valence-corrected chi connectivity index (χ1v) is 20.6. The van der Waals surface area contributed by atoms with Gasteiger partial charge in [0.15, 0.2) is 17.3 Å². The fourth-order valence-electron chi connectivity index (χ4n) is 10.1. The highest BCUT2D eigenvalue weighted by atomic mass is 16.6. The molecule has 0 bridgehead atoms. The second-order valence-electron chi connectivity index (χ2n) is 15.8. The van der Waals surface area contributed by atoms with Crippen LogP contribution in [0.15, 0.2) is 215 Å². The first-order valence-electron chi connectivity index (χ1n) is 20.6. The predicted molar refractivity (Wildman–Crippen MR) is 238 cm³/mol. The number of ether oxygens (including phenoxy) is 2. The van der Waals surface area contributed by atoms with E-state index in [4.69, 9.17) is 13.9 Å². The molecule has 0 radical (unpaired) electrons. The van der Waals surface area contributed by atoms with E-state index in [2.05, 4.69) is 181 Å². The van der Waals surface area contributed by atoms with Gasteiger partial charge in [-0.2, -0.15) is 0 Å². The number of rotatable bonds is 6. The fourth-order valence-corrected chi connectivity index (χ4v) is 10.1. The molecule has 0 saturated carbocycles. The minimum absolute atomic E-state index is 0.439. The molecule has 0 atom stereocenters. The van der Waals surface area contributed by atoms with Crippen LogP contribution in [-0.2, 0) is 5.41 Å². The molecule has 7 aromatic carbocycles. The molecular weight excluding hydrogens is 723 g/mol. The Balaban J connectivity index is 0.969. The zero-order valence-electron chi connectivity index (χ0n) is 32.4. The smallest absolute Gasteiger partial charge is 0.173 e. The van der Waals surface area contributed by atoms with Crippen molar-refractivity contribution in [3.8, 4) is 22.6 Å². The number of hydrogen-bond acceptors (Lipinski definition) is 4. The third kappa shape index (κ3) is 5.16. The summed E-state index contributed by atoms with van der Waals surface area (Å²) >= 11 is 0. The maximum Gasteiger partial charge on any atom is 0.173 e. The van der Waals surface area contributed by atoms with Crippen molar-refractivity contribution in [1.82, 2.24) is 0 Å². The summed E-state index contributed by atoms with van der Waals surface area (Å²) in [6.07, 6.45) is 10.1. The van der Waals surface area contributed by atoms with Gasteiger partial charge in [0.2, 0.25) is 0 Å². The van der Waals surface area contributed by atoms with Crippen LogP contribution in [0.2, 0.25) is 0 Å². The molecule has 0 amide bonds. The van der Waals surface area contributed by atoms with Gasteiger partial charge in [-0.05, 0) is 95.1 Å². The van der Waals surface area contributed by atoms with Crippen LogP contribution < -0.4 is 14.4 Å². The maximum atomic E-state index is 7.06. The summed E-state index contributed by atoms with van der Waals surface area (Å²) < 4.78 is 20.4. The molecule has 8 aromatic rings. The molecule has 282 valence electrons. The van der Waals surface area contributed by atoms with E-state index in [-0.39, 0.29) is 0 Å². The van der Waals surface area contributed by atoms with E-state index >= 15 is 0 Å². The van der Waals surface area contributed by atoms with E-state index in [1.165, 1.54) is 33.5 Å². The molecule has 3 aliphatic carbocycles. The second kappa shape index (κ2) is 13.4. The Hall–Kier alpha value is -7.30. The number of furan rings is 1. The summed E-state index contributed by atoms with van der Waals surface area (Å²) in [5.74, 6) is 3.16. The van der Waals surface area contributed by atoms with Gasteiger partial charge in [0.25, 0.3) is 0 Å². The van der Waals surface area contributed by atoms with Crippen molar-refractivity contribution < 1.29 is 13.9 Å². The van der Waals surface area contributed by atoms with E-state index in [1.807, 2.05) is 12.1 Å². The highest BCUT2D eigenvalue weighted by Crippen LogP contribution is 2.60. The van der Waals surface area contributed by atoms with E-state index in [0.717, 1.165) is 98.7 Å². The lowest BCUT2D eigenvalue weighted by atomic mass is 9.65. The highest BCUT2D eigenvalue weighted by molar-refractivity contribution is 6.06. The number of allylic oxidation sites excluding steroid dienone is 7. The van der Waals surface area contributed by atoms with Crippen LogP contribution >= 0.6 is 0 Å². The van der Waals surface area contributed by atoms with Crippen molar-refractivity contribution in [3.05, 3.63) is 233 Å². The SMILES string of the molecule is C1=CCCC(N(c2ccc3c(c2)OC2=C(O3)C3=C(CC2)C(c2ccccc2)(c2ccccc2)c2ccccc23)c2ccccc2-c2ccc3c(c2)oc2ccccc23)=C1. The molecular formula is C55H39NO3. The number of benzene rings is 7. The lowest BCUT2D eigenvalue weighted by Gasteiger charge is -2.37. The molecule has 0 N–H and O–H groups in total. The van der Waals surface area contributed by atoms with Gasteiger partial charge in [0.05, 0.1) is 11.1 Å². The molecule has 12 rings (SSSR count). The van der Waals surface area contributed by atoms with Crippen LogP contribution in [0.5, 0.6) is 11.5 Å². The number of nitrogens with zero attached hydrogens (tertiary/aromatic N) is 1. The van der Waals surface area contributed by atoms with Crippen LogP contribution in [0.1, 0.15) is 47.9 Å². The van der Waals surface area contributed by atoms with Crippen molar-refractivity contribution in [2.24, 2.45) is 0 Å². The summed E-state index contributed by atoms with van der Waals surface area (Å²) in [6, 6.07) is 60.7. The van der Waals surface area contributed by atoms with Crippen LogP contribution in [0.4, 0.5) is 11.4 Å². The van der Waals surface area contributed by atoms with E-state index in [1.54, 1.807) is 0 Å². The zero-order valence-corrected chi connectivity index (χ0v) is 32.4. The third-order valence-electron chi connectivity index (χ3n) is 12.6. The Bertz CT molecular complexity index is 3070. The topological polar surface area (TPSA) is 34.8 Å². The molecule has 1 aliphatic heterocycles. The Kier molecular flexibility index (Phi) is 7.67. The largest absolute Gasteiger partial charge is 0.456 e. The monoisotopic (exact) mass is 761 g/mol. The summed E-state index contributed by atoms with van der Waals surface area (Å²) in [5.41, 5.74) is 14.4. The van der Waals surface area contributed by atoms with Crippen molar-refractivity contribution in [1.29, 1.82) is 0 Å². The van der Waals surface area contributed by atoms with Crippen molar-refractivity contribution in [2.75, 3.05) is 4.90 Å². The molecule has 0 spiro atoms. The molecule has 4 aliphatic rings. The standard InChI is InChI=1S/C55H39NO3/c1-4-16-37(17-5-1)55(38-18-6-2-7-19-38)45-25-13-10-24-44(45)53-46(55)31-33-50-54(53)59-49-32-29-40(35-52(49)58-50)56(39-20-8-3-9-21-39)47-26-14-11-22-41(47)36-28-30-43-42-23-12-15-27-48(42)57-51(43)34-36/h1-8,10-20,22-30,32,34-35H,9,21,31,33H2. The van der Waals surface area contributed by atoms with E-state index in [0.29, 0.717) is 0 Å². The predicted octanol–water partition coefficient (Wildman–Crippen LogP) is 14.2. The Morgan fingerprint density at radius 1 is 0.542 bits per heavy atom. The zero-order chi connectivity index (χ0) is 38.9. The highest BCUT2D eigenvalue weighted by Gasteiger charge is 2.51. The molecule has 0 saturated heterocycles. The summed E-state index contributed by atoms with van der Waals surface area (Å²) in [5, 5.41) is 2.25. The molecule has 4 heteroatoms. The number of hydrogen-bond donors (Lipinski definition) is 0. The first kappa shape index (κ1) is 33.8. The molecule has 59 heavy (non-hydrogen) atoms. The number of fused-ring (bicyclic) bond motifs is 7. The lowest BCUT2D eigenvalue weighted by Crippen LogP contribution is -2.31. The van der Waals surface area contributed by atoms with Gasteiger partial charge in [-0.3, -0.25) is 0 Å². The van der Waals surface area contributed by atoms with Crippen molar-refractivity contribution in [2.45, 2.75) is 31.1 Å². The Morgan fingerprint density at radius 2 is 1.27 bits per heavy atom. The average molecular weight is 762 g/mol. The number of para-hydroxylation sites is 2. The average Bonchev–Trinajstić information content (AvgIpc) is 3.83. The van der Waals surface area contributed by atoms with E-state index in [9.17, 15) is 0 Å². The normalized spacial score (nSPS) is 16.2. The van der Waals surface area contributed by atoms with Gasteiger partial charge in [-0.15, -0.1) is 0 Å². The van der Waals surface area contributed by atoms with Gasteiger partial charge >= 0.3 is 0 Å². The summed E-state index contributed by atoms with van der Waals surface area (Å²) in [7, 11) is 0. The maximum absolute atomic E-state index is 7.06. The second-order valence-corrected chi connectivity index (χ2v) is 15.8.